The molecular weight excluding hydrogens is 260 g/mol. The lowest BCUT2D eigenvalue weighted by Gasteiger charge is -2.07. The summed E-state index contributed by atoms with van der Waals surface area (Å²) in [5.74, 6) is 0.181. The highest BCUT2D eigenvalue weighted by Gasteiger charge is 2.12. The lowest BCUT2D eigenvalue weighted by Crippen LogP contribution is -2.17. The molecule has 1 heterocycles. The summed E-state index contributed by atoms with van der Waals surface area (Å²) in [6.45, 7) is 3.96. The Bertz CT molecular complexity index is 648. The highest BCUT2D eigenvalue weighted by atomic mass is 32.1. The lowest BCUT2D eigenvalue weighted by molar-refractivity contribution is 0.102. The zero-order valence-corrected chi connectivity index (χ0v) is 11.5. The molecule has 98 valence electrons. The summed E-state index contributed by atoms with van der Waals surface area (Å²) in [6, 6.07) is 5.52. The molecule has 0 aliphatic carbocycles. The Morgan fingerprint density at radius 1 is 1.37 bits per heavy atom. The average molecular weight is 274 g/mol. The van der Waals surface area contributed by atoms with Gasteiger partial charge in [0.2, 0.25) is 0 Å². The monoisotopic (exact) mass is 274 g/mol. The quantitative estimate of drug-likeness (QED) is 0.747. The highest BCUT2D eigenvalue weighted by Crippen LogP contribution is 2.14. The normalized spacial score (nSPS) is 10.2. The number of aromatic amines is 1. The first-order valence-corrected chi connectivity index (χ1v) is 6.11. The molecule has 0 bridgehead atoms. The van der Waals surface area contributed by atoms with Gasteiger partial charge in [0.15, 0.2) is 0 Å². The van der Waals surface area contributed by atoms with Crippen LogP contribution in [0.1, 0.15) is 27.0 Å². The maximum atomic E-state index is 12.1. The molecule has 2 aromatic rings. The van der Waals surface area contributed by atoms with Crippen LogP contribution in [0, 0.1) is 13.8 Å². The third kappa shape index (κ3) is 2.79. The molecular formula is C13H14N4OS. The molecule has 1 aromatic carbocycles. The van der Waals surface area contributed by atoms with Gasteiger partial charge in [-0.3, -0.25) is 9.89 Å². The van der Waals surface area contributed by atoms with Crippen molar-refractivity contribution in [2.24, 2.45) is 5.73 Å². The van der Waals surface area contributed by atoms with Crippen molar-refractivity contribution in [2.75, 3.05) is 5.32 Å². The van der Waals surface area contributed by atoms with Crippen molar-refractivity contribution in [3.63, 3.8) is 0 Å². The Hall–Kier alpha value is -2.21. The van der Waals surface area contributed by atoms with Crippen molar-refractivity contribution >= 4 is 28.9 Å². The fourth-order valence-corrected chi connectivity index (χ4v) is 1.79. The summed E-state index contributed by atoms with van der Waals surface area (Å²) in [6.07, 6.45) is 1.48. The minimum Gasteiger partial charge on any atom is -0.389 e. The maximum absolute atomic E-state index is 12.1. The van der Waals surface area contributed by atoms with E-state index in [-0.39, 0.29) is 10.9 Å². The predicted molar refractivity (Wildman–Crippen MR) is 78.3 cm³/mol. The minimum atomic E-state index is -0.232. The molecule has 0 saturated carbocycles. The number of hydrogen-bond donors (Lipinski definition) is 3. The lowest BCUT2D eigenvalue weighted by atomic mass is 10.1. The number of aryl methyl sites for hydroxylation is 2. The third-order valence-electron chi connectivity index (χ3n) is 2.91. The summed E-state index contributed by atoms with van der Waals surface area (Å²) in [4.78, 5) is 12.3. The molecule has 1 aromatic heterocycles. The zero-order chi connectivity index (χ0) is 14.0. The second-order valence-electron chi connectivity index (χ2n) is 4.28. The molecule has 1 amide bonds. The first-order valence-electron chi connectivity index (χ1n) is 5.71. The Morgan fingerprint density at radius 2 is 2.11 bits per heavy atom. The molecule has 0 spiro atoms. The number of thiocarbonyl (C=S) groups is 1. The van der Waals surface area contributed by atoms with E-state index in [1.54, 1.807) is 6.07 Å². The van der Waals surface area contributed by atoms with Gasteiger partial charge in [0.1, 0.15) is 10.8 Å². The second kappa shape index (κ2) is 5.19. The summed E-state index contributed by atoms with van der Waals surface area (Å²) in [7, 11) is 0. The average Bonchev–Trinajstić information content (AvgIpc) is 2.80. The number of rotatable bonds is 3. The van der Waals surface area contributed by atoms with Crippen LogP contribution in [0.3, 0.4) is 0 Å². The van der Waals surface area contributed by atoms with E-state index in [0.29, 0.717) is 16.9 Å². The number of hydrogen-bond acceptors (Lipinski definition) is 3. The van der Waals surface area contributed by atoms with E-state index in [0.717, 1.165) is 11.1 Å². The molecule has 6 heteroatoms. The summed E-state index contributed by atoms with van der Waals surface area (Å²) in [5, 5.41) is 9.19. The van der Waals surface area contributed by atoms with Gasteiger partial charge in [0.25, 0.3) is 5.91 Å². The van der Waals surface area contributed by atoms with Gasteiger partial charge in [-0.25, -0.2) is 0 Å². The van der Waals surface area contributed by atoms with Gasteiger partial charge in [0, 0.05) is 5.56 Å². The summed E-state index contributed by atoms with van der Waals surface area (Å²) < 4.78 is 0. The van der Waals surface area contributed by atoms with E-state index < -0.39 is 0 Å². The number of benzene rings is 1. The van der Waals surface area contributed by atoms with Gasteiger partial charge in [-0.15, -0.1) is 0 Å². The Morgan fingerprint density at radius 3 is 2.74 bits per heavy atom. The van der Waals surface area contributed by atoms with E-state index in [2.05, 4.69) is 15.5 Å². The van der Waals surface area contributed by atoms with Crippen molar-refractivity contribution in [1.29, 1.82) is 0 Å². The number of nitrogens with zero attached hydrogens (tertiary/aromatic N) is 1. The Balaban J connectivity index is 2.23. The van der Waals surface area contributed by atoms with Gasteiger partial charge in [-0.05, 0) is 37.1 Å². The van der Waals surface area contributed by atoms with Crippen molar-refractivity contribution in [2.45, 2.75) is 13.8 Å². The molecule has 0 radical (unpaired) electrons. The zero-order valence-electron chi connectivity index (χ0n) is 10.7. The van der Waals surface area contributed by atoms with Crippen molar-refractivity contribution < 1.29 is 4.79 Å². The summed E-state index contributed by atoms with van der Waals surface area (Å²) >= 11 is 4.88. The molecule has 2 rings (SSSR count). The van der Waals surface area contributed by atoms with Crippen LogP contribution in [0.15, 0.2) is 24.4 Å². The van der Waals surface area contributed by atoms with E-state index in [1.807, 2.05) is 26.0 Å². The van der Waals surface area contributed by atoms with Crippen LogP contribution >= 0.6 is 12.2 Å². The van der Waals surface area contributed by atoms with Crippen LogP contribution in [-0.4, -0.2) is 21.1 Å². The van der Waals surface area contributed by atoms with Gasteiger partial charge in [-0.2, -0.15) is 5.10 Å². The van der Waals surface area contributed by atoms with E-state index in [9.17, 15) is 4.79 Å². The minimum absolute atomic E-state index is 0.184. The number of amides is 1. The molecule has 0 atom stereocenters. The number of carbonyl (C=O) groups excluding carboxylic acids is 1. The molecule has 0 saturated heterocycles. The number of nitrogens with two attached hydrogens (primary N) is 1. The smallest absolute Gasteiger partial charge is 0.256 e. The predicted octanol–water partition coefficient (Wildman–Crippen LogP) is 1.91. The summed E-state index contributed by atoms with van der Waals surface area (Å²) in [5.41, 5.74) is 8.84. The van der Waals surface area contributed by atoms with Crippen molar-refractivity contribution in [3.8, 4) is 0 Å². The fourth-order valence-electron chi connectivity index (χ4n) is 1.64. The fraction of sp³-hybridized carbons (Fsp3) is 0.154. The molecule has 19 heavy (non-hydrogen) atoms. The third-order valence-corrected chi connectivity index (χ3v) is 3.13. The molecule has 0 aliphatic rings. The Kier molecular flexibility index (Phi) is 3.62. The SMILES string of the molecule is Cc1ccc(C(=O)Nc2[nH]ncc2C(N)=S)cc1C. The first-order chi connectivity index (χ1) is 8.99. The number of nitrogens with one attached hydrogen (secondary N) is 2. The van der Waals surface area contributed by atoms with E-state index in [1.165, 1.54) is 6.20 Å². The van der Waals surface area contributed by atoms with Crippen LogP contribution in [0.25, 0.3) is 0 Å². The number of carbonyl (C=O) groups is 1. The van der Waals surface area contributed by atoms with Crippen LogP contribution < -0.4 is 11.1 Å². The Labute approximate surface area is 116 Å². The highest BCUT2D eigenvalue weighted by molar-refractivity contribution is 7.80. The maximum Gasteiger partial charge on any atom is 0.256 e. The van der Waals surface area contributed by atoms with Crippen LogP contribution in [-0.2, 0) is 0 Å². The van der Waals surface area contributed by atoms with Gasteiger partial charge in [-0.1, -0.05) is 18.3 Å². The van der Waals surface area contributed by atoms with Crippen LogP contribution in [0.5, 0.6) is 0 Å². The van der Waals surface area contributed by atoms with Crippen LogP contribution in [0.2, 0.25) is 0 Å². The van der Waals surface area contributed by atoms with Crippen LogP contribution in [0.4, 0.5) is 5.82 Å². The van der Waals surface area contributed by atoms with Crippen molar-refractivity contribution in [3.05, 3.63) is 46.6 Å². The molecule has 0 aliphatic heterocycles. The number of H-pyrrole nitrogens is 1. The van der Waals surface area contributed by atoms with E-state index in [4.69, 9.17) is 18.0 Å². The molecule has 5 nitrogen and oxygen atoms in total. The largest absolute Gasteiger partial charge is 0.389 e. The second-order valence-corrected chi connectivity index (χ2v) is 4.72. The standard InChI is InChI=1S/C13H14N4OS/c1-7-3-4-9(5-8(7)2)13(18)16-12-10(11(14)19)6-15-17-12/h3-6H,1-2H3,(H2,14,19)(H2,15,16,17,18). The molecule has 0 unspecified atom stereocenters. The molecule has 0 fully saturated rings. The van der Waals surface area contributed by atoms with E-state index >= 15 is 0 Å². The van der Waals surface area contributed by atoms with Crippen molar-refractivity contribution in [1.82, 2.24) is 10.2 Å². The molecule has 4 N–H and O–H groups in total. The van der Waals surface area contributed by atoms with Gasteiger partial charge in [0.05, 0.1) is 11.8 Å². The van der Waals surface area contributed by atoms with Gasteiger partial charge >= 0.3 is 0 Å². The number of aromatic nitrogens is 2. The topological polar surface area (TPSA) is 83.8 Å². The van der Waals surface area contributed by atoms with Gasteiger partial charge < -0.3 is 11.1 Å². The first kappa shape index (κ1) is 13.2. The number of anilines is 1.